The molecule has 0 aliphatic carbocycles. The van der Waals surface area contributed by atoms with Crippen molar-refractivity contribution in [1.82, 2.24) is 9.78 Å². The van der Waals surface area contributed by atoms with Crippen LogP contribution in [0, 0.1) is 5.82 Å². The van der Waals surface area contributed by atoms with Gasteiger partial charge in [-0.05, 0) is 67.4 Å². The maximum absolute atomic E-state index is 14.8. The predicted octanol–water partition coefficient (Wildman–Crippen LogP) is 4.18. The highest BCUT2D eigenvalue weighted by atomic mass is 32.2. The van der Waals surface area contributed by atoms with E-state index in [1.54, 1.807) is 0 Å². The van der Waals surface area contributed by atoms with Crippen LogP contribution in [0.5, 0.6) is 0 Å². The van der Waals surface area contributed by atoms with Crippen LogP contribution in [0.25, 0.3) is 16.9 Å². The second-order valence-corrected chi connectivity index (χ2v) is 8.55. The highest BCUT2D eigenvalue weighted by Crippen LogP contribution is 2.36. The van der Waals surface area contributed by atoms with Crippen molar-refractivity contribution in [3.63, 3.8) is 0 Å². The third-order valence-electron chi connectivity index (χ3n) is 4.70. The molecule has 2 N–H and O–H groups in total. The van der Waals surface area contributed by atoms with Crippen LogP contribution in [0.2, 0.25) is 0 Å². The van der Waals surface area contributed by atoms with Crippen molar-refractivity contribution in [3.8, 4) is 16.9 Å². The van der Waals surface area contributed by atoms with Crippen LogP contribution in [-0.4, -0.2) is 24.5 Å². The zero-order valence-electron chi connectivity index (χ0n) is 16.3. The average molecular weight is 451 g/mol. The summed E-state index contributed by atoms with van der Waals surface area (Å²) in [7, 11) is -3.92. The lowest BCUT2D eigenvalue weighted by Crippen LogP contribution is -2.15. The van der Waals surface area contributed by atoms with Gasteiger partial charge >= 0.3 is 0 Å². The minimum atomic E-state index is -3.92. The highest BCUT2D eigenvalue weighted by Gasteiger charge is 2.35. The molecule has 0 saturated heterocycles. The van der Waals surface area contributed by atoms with Crippen LogP contribution in [0.3, 0.4) is 0 Å². The van der Waals surface area contributed by atoms with Crippen molar-refractivity contribution >= 4 is 16.3 Å². The molecule has 10 heteroatoms. The van der Waals surface area contributed by atoms with E-state index in [-0.39, 0.29) is 23.4 Å². The number of nitrogens with two attached hydrogens (primary N) is 1. The van der Waals surface area contributed by atoms with E-state index >= 15 is 0 Å². The van der Waals surface area contributed by atoms with E-state index in [2.05, 4.69) is 5.10 Å². The first kappa shape index (κ1) is 22.7. The smallest absolute Gasteiger partial charge is 0.291 e. The summed E-state index contributed by atoms with van der Waals surface area (Å²) in [5.41, 5.74) is 0.585. The van der Waals surface area contributed by atoms with E-state index in [0.717, 1.165) is 0 Å². The summed E-state index contributed by atoms with van der Waals surface area (Å²) in [4.78, 5) is 10.3. The number of aldehydes is 1. The number of hydrogen-bond donors (Lipinski definition) is 1. The fourth-order valence-corrected chi connectivity index (χ4v) is 3.58. The Morgan fingerprint density at radius 3 is 2.26 bits per heavy atom. The molecular weight excluding hydrogens is 431 g/mol. The zero-order valence-corrected chi connectivity index (χ0v) is 17.2. The maximum Gasteiger partial charge on any atom is 0.291 e. The number of alkyl halides is 2. The van der Waals surface area contributed by atoms with Crippen LogP contribution >= 0.6 is 0 Å². The van der Waals surface area contributed by atoms with Gasteiger partial charge in [0.05, 0.1) is 16.3 Å². The molecule has 0 aliphatic heterocycles. The molecular formula is C21H20F3N3O3S. The number of primary sulfonamides is 1. The standard InChI is InChI=1S/C21H20F3N3O3S/c22-16-6-4-15(5-7-16)19-14-20(21(23,24)12-2-1-3-13-28)26-27(19)17-8-10-18(11-9-17)31(25,29)30/h4-11,13-14H,1-3,12H2,(H2,25,29,30). The summed E-state index contributed by atoms with van der Waals surface area (Å²) in [6.07, 6.45) is 0.907. The molecule has 0 fully saturated rings. The Bertz CT molecular complexity index is 1160. The van der Waals surface area contributed by atoms with Gasteiger partial charge in [-0.1, -0.05) is 0 Å². The monoisotopic (exact) mass is 451 g/mol. The average Bonchev–Trinajstić information content (AvgIpc) is 3.18. The third kappa shape index (κ3) is 5.39. The molecule has 0 bridgehead atoms. The molecule has 3 aromatic rings. The van der Waals surface area contributed by atoms with Crippen LogP contribution in [0.1, 0.15) is 31.4 Å². The van der Waals surface area contributed by atoms with E-state index < -0.39 is 33.9 Å². The van der Waals surface area contributed by atoms with E-state index in [9.17, 15) is 26.4 Å². The number of unbranched alkanes of at least 4 members (excludes halogenated alkanes) is 2. The highest BCUT2D eigenvalue weighted by molar-refractivity contribution is 7.89. The van der Waals surface area contributed by atoms with Crippen molar-refractivity contribution in [2.75, 3.05) is 0 Å². The minimum absolute atomic E-state index is 0.132. The summed E-state index contributed by atoms with van der Waals surface area (Å²) >= 11 is 0. The number of sulfonamides is 1. The molecule has 0 saturated carbocycles. The lowest BCUT2D eigenvalue weighted by molar-refractivity contribution is -0.108. The van der Waals surface area contributed by atoms with Gasteiger partial charge in [-0.25, -0.2) is 22.6 Å². The Kier molecular flexibility index (Phi) is 6.61. The second-order valence-electron chi connectivity index (χ2n) is 6.99. The fraction of sp³-hybridized carbons (Fsp3) is 0.238. The molecule has 3 rings (SSSR count). The molecule has 0 atom stereocenters. The van der Waals surface area contributed by atoms with Crippen molar-refractivity contribution in [1.29, 1.82) is 0 Å². The van der Waals surface area contributed by atoms with Gasteiger partial charge in [-0.15, -0.1) is 0 Å². The lowest BCUT2D eigenvalue weighted by Gasteiger charge is -2.13. The van der Waals surface area contributed by atoms with Gasteiger partial charge in [0, 0.05) is 18.4 Å². The normalized spacial score (nSPS) is 12.1. The molecule has 164 valence electrons. The molecule has 0 spiro atoms. The Balaban J connectivity index is 2.04. The molecule has 6 nitrogen and oxygen atoms in total. The maximum atomic E-state index is 14.8. The Labute approximate surface area is 177 Å². The summed E-state index contributed by atoms with van der Waals surface area (Å²) in [5.74, 6) is -3.73. The van der Waals surface area contributed by atoms with E-state index in [0.29, 0.717) is 24.0 Å². The predicted molar refractivity (Wildman–Crippen MR) is 109 cm³/mol. The fourth-order valence-electron chi connectivity index (χ4n) is 3.06. The lowest BCUT2D eigenvalue weighted by atomic mass is 10.1. The van der Waals surface area contributed by atoms with E-state index in [4.69, 9.17) is 5.14 Å². The quantitative estimate of drug-likeness (QED) is 0.390. The van der Waals surface area contributed by atoms with Crippen LogP contribution in [0.15, 0.2) is 59.5 Å². The number of hydrogen-bond acceptors (Lipinski definition) is 4. The van der Waals surface area contributed by atoms with Crippen LogP contribution in [-0.2, 0) is 20.7 Å². The van der Waals surface area contributed by atoms with Crippen molar-refractivity contribution in [2.45, 2.75) is 36.5 Å². The van der Waals surface area contributed by atoms with Gasteiger partial charge in [0.1, 0.15) is 17.8 Å². The molecule has 0 amide bonds. The number of aromatic nitrogens is 2. The first-order valence-electron chi connectivity index (χ1n) is 9.43. The Hall–Kier alpha value is -2.98. The van der Waals surface area contributed by atoms with Crippen LogP contribution < -0.4 is 5.14 Å². The molecule has 1 aromatic heterocycles. The first-order valence-corrected chi connectivity index (χ1v) is 11.0. The van der Waals surface area contributed by atoms with Gasteiger partial charge in [-0.2, -0.15) is 13.9 Å². The molecule has 2 aromatic carbocycles. The van der Waals surface area contributed by atoms with Gasteiger partial charge in [-0.3, -0.25) is 0 Å². The summed E-state index contributed by atoms with van der Waals surface area (Å²) in [6.45, 7) is 0. The summed E-state index contributed by atoms with van der Waals surface area (Å²) < 4.78 is 67.1. The Morgan fingerprint density at radius 1 is 1.03 bits per heavy atom. The first-order chi connectivity index (χ1) is 14.6. The Morgan fingerprint density at radius 2 is 1.68 bits per heavy atom. The number of carbonyl (C=O) groups excluding carboxylic acids is 1. The van der Waals surface area contributed by atoms with Gasteiger partial charge in [0.15, 0.2) is 0 Å². The second kappa shape index (κ2) is 9.03. The number of benzene rings is 2. The van der Waals surface area contributed by atoms with Gasteiger partial charge in [0.2, 0.25) is 10.0 Å². The van der Waals surface area contributed by atoms with E-state index in [1.165, 1.54) is 59.3 Å². The van der Waals surface area contributed by atoms with Gasteiger partial charge < -0.3 is 4.79 Å². The van der Waals surface area contributed by atoms with Crippen LogP contribution in [0.4, 0.5) is 13.2 Å². The van der Waals surface area contributed by atoms with E-state index in [1.807, 2.05) is 0 Å². The third-order valence-corrected chi connectivity index (χ3v) is 5.63. The molecule has 0 radical (unpaired) electrons. The number of carbonyl (C=O) groups is 1. The van der Waals surface area contributed by atoms with Gasteiger partial charge in [0.25, 0.3) is 5.92 Å². The summed E-state index contributed by atoms with van der Waals surface area (Å²) in [5, 5.41) is 9.17. The zero-order chi connectivity index (χ0) is 22.6. The SMILES string of the molecule is NS(=O)(=O)c1ccc(-n2nc(C(F)(F)CCCCC=O)cc2-c2ccc(F)cc2)cc1. The molecule has 31 heavy (non-hydrogen) atoms. The number of rotatable bonds is 9. The molecule has 0 unspecified atom stereocenters. The van der Waals surface area contributed by atoms with Crippen molar-refractivity contribution in [2.24, 2.45) is 5.14 Å². The molecule has 0 aliphatic rings. The van der Waals surface area contributed by atoms with Crippen molar-refractivity contribution in [3.05, 3.63) is 66.1 Å². The summed E-state index contributed by atoms with van der Waals surface area (Å²) in [6, 6.07) is 11.8. The molecule has 1 heterocycles. The topological polar surface area (TPSA) is 95.1 Å². The van der Waals surface area contributed by atoms with Crippen molar-refractivity contribution < 1.29 is 26.4 Å². The largest absolute Gasteiger partial charge is 0.303 e. The minimum Gasteiger partial charge on any atom is -0.303 e. The number of nitrogens with zero attached hydrogens (tertiary/aromatic N) is 2. The number of halogens is 3.